The summed E-state index contributed by atoms with van der Waals surface area (Å²) in [5, 5.41) is 10.4. The lowest BCUT2D eigenvalue weighted by Crippen LogP contribution is -2.38. The number of nitrogens with zero attached hydrogens (tertiary/aromatic N) is 4. The molecule has 2 aromatic rings. The molecule has 0 aliphatic carbocycles. The minimum atomic E-state index is -3.52. The van der Waals surface area contributed by atoms with Crippen molar-refractivity contribution in [1.82, 2.24) is 29.7 Å². The van der Waals surface area contributed by atoms with Crippen LogP contribution < -0.4 is 10.0 Å². The maximum atomic E-state index is 12.1. The second-order valence-electron chi connectivity index (χ2n) is 6.01. The summed E-state index contributed by atoms with van der Waals surface area (Å²) in [6.45, 7) is 2.83. The molecule has 0 bridgehead atoms. The van der Waals surface area contributed by atoms with Gasteiger partial charge >= 0.3 is 6.03 Å². The summed E-state index contributed by atoms with van der Waals surface area (Å²) in [4.78, 5) is 13.7. The Bertz CT molecular complexity index is 832. The van der Waals surface area contributed by atoms with Crippen molar-refractivity contribution in [2.24, 2.45) is 7.05 Å². The first-order valence-corrected chi connectivity index (χ1v) is 9.66. The smallest absolute Gasteiger partial charge is 0.317 e. The van der Waals surface area contributed by atoms with Crippen molar-refractivity contribution < 1.29 is 13.2 Å². The molecule has 1 aromatic heterocycles. The largest absolute Gasteiger partial charge is 0.338 e. The number of amides is 2. The van der Waals surface area contributed by atoms with Gasteiger partial charge in [-0.25, -0.2) is 17.9 Å². The Morgan fingerprint density at radius 2 is 1.92 bits per heavy atom. The topological polar surface area (TPSA) is 109 Å². The number of aromatic nitrogens is 3. The Morgan fingerprint density at radius 3 is 2.54 bits per heavy atom. The summed E-state index contributed by atoms with van der Waals surface area (Å²) in [5.74, 6) is 0.675. The Labute approximate surface area is 153 Å². The molecule has 0 unspecified atom stereocenters. The van der Waals surface area contributed by atoms with E-state index in [1.807, 2.05) is 6.92 Å². The van der Waals surface area contributed by atoms with Crippen LogP contribution in [0.5, 0.6) is 0 Å². The molecule has 1 aromatic carbocycles. The van der Waals surface area contributed by atoms with E-state index in [-0.39, 0.29) is 17.5 Å². The Hall–Kier alpha value is -2.46. The fraction of sp³-hybridized carbons (Fsp3) is 0.438. The molecule has 0 radical (unpaired) electrons. The highest BCUT2D eigenvalue weighted by Crippen LogP contribution is 2.09. The molecule has 2 N–H and O–H groups in total. The third-order valence-electron chi connectivity index (χ3n) is 3.78. The van der Waals surface area contributed by atoms with E-state index >= 15 is 0 Å². The molecule has 0 aliphatic heterocycles. The van der Waals surface area contributed by atoms with Gasteiger partial charge in [0.05, 0.1) is 11.4 Å². The van der Waals surface area contributed by atoms with E-state index in [4.69, 9.17) is 0 Å². The maximum absolute atomic E-state index is 12.1. The number of urea groups is 1. The first-order valence-electron chi connectivity index (χ1n) is 8.18. The van der Waals surface area contributed by atoms with Crippen molar-refractivity contribution in [1.29, 1.82) is 0 Å². The van der Waals surface area contributed by atoms with E-state index in [1.165, 1.54) is 4.90 Å². The van der Waals surface area contributed by atoms with E-state index < -0.39 is 10.0 Å². The quantitative estimate of drug-likeness (QED) is 0.653. The van der Waals surface area contributed by atoms with Gasteiger partial charge in [0.25, 0.3) is 0 Å². The molecule has 9 nitrogen and oxygen atoms in total. The average molecular weight is 380 g/mol. The average Bonchev–Trinajstić information content (AvgIpc) is 2.99. The van der Waals surface area contributed by atoms with Crippen LogP contribution in [0.2, 0.25) is 0 Å². The van der Waals surface area contributed by atoms with Crippen LogP contribution in [0.15, 0.2) is 35.5 Å². The van der Waals surface area contributed by atoms with Gasteiger partial charge in [-0.3, -0.25) is 0 Å². The molecular formula is C16H24N6O3S. The number of benzene rings is 1. The van der Waals surface area contributed by atoms with Crippen molar-refractivity contribution >= 4 is 16.1 Å². The summed E-state index contributed by atoms with van der Waals surface area (Å²) < 4.78 is 28.5. The van der Waals surface area contributed by atoms with Gasteiger partial charge in [-0.15, -0.1) is 10.2 Å². The summed E-state index contributed by atoms with van der Waals surface area (Å²) in [6.07, 6.45) is 2.05. The summed E-state index contributed by atoms with van der Waals surface area (Å²) in [6, 6.07) is 6.39. The summed E-state index contributed by atoms with van der Waals surface area (Å²) in [5.41, 5.74) is 0.997. The number of hydrogen-bond acceptors (Lipinski definition) is 5. The number of rotatable bonds is 8. The highest BCUT2D eigenvalue weighted by atomic mass is 32.2. The predicted molar refractivity (Wildman–Crippen MR) is 96.9 cm³/mol. The van der Waals surface area contributed by atoms with Gasteiger partial charge in [-0.2, -0.15) is 0 Å². The molecule has 2 amide bonds. The zero-order valence-electron chi connectivity index (χ0n) is 15.1. The third-order valence-corrected chi connectivity index (χ3v) is 5.26. The third kappa shape index (κ3) is 5.53. The first kappa shape index (κ1) is 19.9. The summed E-state index contributed by atoms with van der Waals surface area (Å²) in [7, 11) is -0.0606. The van der Waals surface area contributed by atoms with Crippen LogP contribution >= 0.6 is 0 Å². The van der Waals surface area contributed by atoms with Gasteiger partial charge in [0.15, 0.2) is 5.82 Å². The Kier molecular flexibility index (Phi) is 6.70. The predicted octanol–water partition coefficient (Wildman–Crippen LogP) is 0.634. The van der Waals surface area contributed by atoms with E-state index in [0.29, 0.717) is 25.3 Å². The number of nitrogens with one attached hydrogen (secondary N) is 2. The van der Waals surface area contributed by atoms with Gasteiger partial charge in [0.1, 0.15) is 6.33 Å². The molecule has 26 heavy (non-hydrogen) atoms. The van der Waals surface area contributed by atoms with Crippen molar-refractivity contribution in [3.05, 3.63) is 42.0 Å². The van der Waals surface area contributed by atoms with Crippen molar-refractivity contribution in [3.63, 3.8) is 0 Å². The minimum Gasteiger partial charge on any atom is -0.338 e. The zero-order chi connectivity index (χ0) is 19.2. The molecule has 0 aliphatic rings. The van der Waals surface area contributed by atoms with Crippen LogP contribution in [0.1, 0.15) is 17.8 Å². The number of hydrogen-bond donors (Lipinski definition) is 2. The van der Waals surface area contributed by atoms with Crippen LogP contribution in [0.3, 0.4) is 0 Å². The standard InChI is InChI=1S/C16H24N6O3S/c1-13-5-7-14(8-6-13)26(24,25)19-10-4-9-17-16(23)21(2)11-15-20-18-12-22(15)3/h5-8,12,19H,4,9-11H2,1-3H3,(H,17,23). The lowest BCUT2D eigenvalue weighted by Gasteiger charge is -2.17. The maximum Gasteiger partial charge on any atom is 0.317 e. The molecular weight excluding hydrogens is 356 g/mol. The molecule has 0 atom stereocenters. The van der Waals surface area contributed by atoms with E-state index in [2.05, 4.69) is 20.2 Å². The molecule has 2 rings (SSSR count). The summed E-state index contributed by atoms with van der Waals surface area (Å²) >= 11 is 0. The van der Waals surface area contributed by atoms with Crippen molar-refractivity contribution in [3.8, 4) is 0 Å². The van der Waals surface area contributed by atoms with Crippen LogP contribution in [0.25, 0.3) is 0 Å². The van der Waals surface area contributed by atoms with Gasteiger partial charge in [-0.1, -0.05) is 17.7 Å². The minimum absolute atomic E-state index is 0.232. The van der Waals surface area contributed by atoms with Crippen molar-refractivity contribution in [2.45, 2.75) is 24.8 Å². The zero-order valence-corrected chi connectivity index (χ0v) is 16.0. The van der Waals surface area contributed by atoms with Crippen LogP contribution in [0, 0.1) is 6.92 Å². The van der Waals surface area contributed by atoms with Crippen molar-refractivity contribution in [2.75, 3.05) is 20.1 Å². The fourth-order valence-corrected chi connectivity index (χ4v) is 3.23. The van der Waals surface area contributed by atoms with Gasteiger partial charge in [-0.05, 0) is 25.5 Å². The Morgan fingerprint density at radius 1 is 1.23 bits per heavy atom. The second-order valence-corrected chi connectivity index (χ2v) is 7.78. The molecule has 0 spiro atoms. The lowest BCUT2D eigenvalue weighted by atomic mass is 10.2. The fourth-order valence-electron chi connectivity index (χ4n) is 2.16. The van der Waals surface area contributed by atoms with Crippen LogP contribution in [-0.2, 0) is 23.6 Å². The lowest BCUT2D eigenvalue weighted by molar-refractivity contribution is 0.205. The van der Waals surface area contributed by atoms with Gasteiger partial charge in [0.2, 0.25) is 10.0 Å². The number of carbonyl (C=O) groups excluding carboxylic acids is 1. The highest BCUT2D eigenvalue weighted by Gasteiger charge is 2.14. The monoisotopic (exact) mass is 380 g/mol. The number of sulfonamides is 1. The van der Waals surface area contributed by atoms with Gasteiger partial charge < -0.3 is 14.8 Å². The Balaban J connectivity index is 1.70. The molecule has 142 valence electrons. The van der Waals surface area contributed by atoms with Crippen LogP contribution in [-0.4, -0.2) is 54.3 Å². The van der Waals surface area contributed by atoms with E-state index in [1.54, 1.807) is 49.3 Å². The van der Waals surface area contributed by atoms with Gasteiger partial charge in [0, 0.05) is 27.2 Å². The van der Waals surface area contributed by atoms with Crippen LogP contribution in [0.4, 0.5) is 4.79 Å². The highest BCUT2D eigenvalue weighted by molar-refractivity contribution is 7.89. The van der Waals surface area contributed by atoms with E-state index in [0.717, 1.165) is 5.56 Å². The molecule has 0 fully saturated rings. The molecule has 10 heteroatoms. The number of carbonyl (C=O) groups is 1. The normalized spacial score (nSPS) is 11.3. The number of aryl methyl sites for hydroxylation is 2. The van der Waals surface area contributed by atoms with E-state index in [9.17, 15) is 13.2 Å². The molecule has 0 saturated carbocycles. The SMILES string of the molecule is Cc1ccc(S(=O)(=O)NCCCNC(=O)N(C)Cc2nncn2C)cc1. The molecule has 0 saturated heterocycles. The second kappa shape index (κ2) is 8.77. The first-order chi connectivity index (χ1) is 12.3. The molecule has 1 heterocycles.